The lowest BCUT2D eigenvalue weighted by molar-refractivity contribution is 0.235. The minimum absolute atomic E-state index is 0.157. The second-order valence-corrected chi connectivity index (χ2v) is 14.1. The van der Waals surface area contributed by atoms with Gasteiger partial charge in [0.15, 0.2) is 5.13 Å². The van der Waals surface area contributed by atoms with E-state index in [0.717, 1.165) is 29.6 Å². The average molecular weight is 645 g/mol. The van der Waals surface area contributed by atoms with Gasteiger partial charge in [-0.25, -0.2) is 18.2 Å². The van der Waals surface area contributed by atoms with E-state index in [9.17, 15) is 13.2 Å². The number of thiazole rings is 1. The molecular weight excluding hydrogens is 612 g/mol. The van der Waals surface area contributed by atoms with E-state index in [4.69, 9.17) is 11.6 Å². The van der Waals surface area contributed by atoms with Crippen LogP contribution in [-0.2, 0) is 15.6 Å². The number of benzene rings is 4. The largest absolute Gasteiger partial charge is 0.329 e. The highest BCUT2D eigenvalue weighted by Gasteiger charge is 2.30. The van der Waals surface area contributed by atoms with Crippen molar-refractivity contribution in [3.8, 4) is 11.3 Å². The van der Waals surface area contributed by atoms with Crippen molar-refractivity contribution in [2.45, 2.75) is 31.2 Å². The molecule has 3 N–H and O–H groups in total. The Morgan fingerprint density at radius 2 is 1.41 bits per heavy atom. The zero-order valence-corrected chi connectivity index (χ0v) is 26.7. The van der Waals surface area contributed by atoms with E-state index >= 15 is 0 Å². The lowest BCUT2D eigenvalue weighted by Crippen LogP contribution is -2.45. The zero-order valence-electron chi connectivity index (χ0n) is 24.3. The zero-order chi connectivity index (χ0) is 31.2. The van der Waals surface area contributed by atoms with Crippen LogP contribution in [0.4, 0.5) is 15.6 Å². The Bertz CT molecular complexity index is 1760. The predicted octanol–water partition coefficient (Wildman–Crippen LogP) is 8.48. The van der Waals surface area contributed by atoms with Crippen molar-refractivity contribution in [3.63, 3.8) is 0 Å². The Morgan fingerprint density at radius 3 is 1.95 bits per heavy atom. The SMILES string of the molecule is CC(CCC(c1ccccc1)c1ccccc1)(NC(=O)Nc1nc(-c2ccc(NS(C)(=O)=O)cc2)c(Cl)s1)c1ccccc1. The van der Waals surface area contributed by atoms with Gasteiger partial charge >= 0.3 is 6.03 Å². The Morgan fingerprint density at radius 1 is 0.864 bits per heavy atom. The molecule has 226 valence electrons. The van der Waals surface area contributed by atoms with Gasteiger partial charge in [0.1, 0.15) is 10.0 Å². The summed E-state index contributed by atoms with van der Waals surface area (Å²) in [5.41, 5.74) is 4.39. The molecule has 0 saturated carbocycles. The highest BCUT2D eigenvalue weighted by Crippen LogP contribution is 2.37. The van der Waals surface area contributed by atoms with E-state index in [1.54, 1.807) is 24.3 Å². The van der Waals surface area contributed by atoms with E-state index in [2.05, 4.69) is 68.9 Å². The molecule has 4 aromatic carbocycles. The topological polar surface area (TPSA) is 100 Å². The van der Waals surface area contributed by atoms with Crippen LogP contribution in [0.1, 0.15) is 42.4 Å². The Labute approximate surface area is 267 Å². The van der Waals surface area contributed by atoms with Gasteiger partial charge in [-0.3, -0.25) is 10.0 Å². The lowest BCUT2D eigenvalue weighted by atomic mass is 9.80. The number of nitrogens with zero attached hydrogens (tertiary/aromatic N) is 1. The minimum Gasteiger partial charge on any atom is -0.329 e. The van der Waals surface area contributed by atoms with Crippen molar-refractivity contribution in [2.24, 2.45) is 0 Å². The molecule has 10 heteroatoms. The molecule has 0 spiro atoms. The summed E-state index contributed by atoms with van der Waals surface area (Å²) in [6, 6.07) is 37.2. The number of sulfonamides is 1. The molecule has 0 radical (unpaired) electrons. The summed E-state index contributed by atoms with van der Waals surface area (Å²) in [4.78, 5) is 18.0. The van der Waals surface area contributed by atoms with E-state index < -0.39 is 21.6 Å². The Balaban J connectivity index is 1.34. The van der Waals surface area contributed by atoms with E-state index in [-0.39, 0.29) is 5.92 Å². The molecule has 0 saturated heterocycles. The monoisotopic (exact) mass is 644 g/mol. The minimum atomic E-state index is -3.39. The second-order valence-electron chi connectivity index (χ2n) is 10.8. The van der Waals surface area contributed by atoms with Gasteiger partial charge in [0.25, 0.3) is 0 Å². The van der Waals surface area contributed by atoms with Gasteiger partial charge in [-0.2, -0.15) is 0 Å². The summed E-state index contributed by atoms with van der Waals surface area (Å²) in [5, 5.41) is 6.45. The summed E-state index contributed by atoms with van der Waals surface area (Å²) < 4.78 is 25.9. The summed E-state index contributed by atoms with van der Waals surface area (Å²) in [6.07, 6.45) is 2.57. The van der Waals surface area contributed by atoms with Crippen LogP contribution >= 0.6 is 22.9 Å². The molecule has 1 aromatic heterocycles. The van der Waals surface area contributed by atoms with Gasteiger partial charge in [0.2, 0.25) is 10.0 Å². The molecule has 1 atom stereocenters. The number of nitrogens with one attached hydrogen (secondary N) is 3. The number of amides is 2. The molecule has 0 aliphatic rings. The standard InChI is InChI=1S/C34H33ClN4O3S2/c1-34(27-16-10-5-11-17-27,23-22-29(24-12-6-3-7-13-24)25-14-8-4-9-15-25)38-32(40)37-33-36-30(31(35)43-33)26-18-20-28(21-19-26)39-44(2,41)42/h3-21,29,39H,22-23H2,1-2H3,(H2,36,37,38,40). The smallest absolute Gasteiger partial charge is 0.321 e. The van der Waals surface area contributed by atoms with Crippen LogP contribution in [-0.4, -0.2) is 25.7 Å². The van der Waals surface area contributed by atoms with E-state index in [1.807, 2.05) is 49.4 Å². The van der Waals surface area contributed by atoms with Crippen molar-refractivity contribution in [1.82, 2.24) is 10.3 Å². The number of halogens is 1. The lowest BCUT2D eigenvalue weighted by Gasteiger charge is -2.33. The number of hydrogen-bond acceptors (Lipinski definition) is 5. The number of aromatic nitrogens is 1. The van der Waals surface area contributed by atoms with E-state index in [0.29, 0.717) is 32.8 Å². The number of rotatable bonds is 11. The third kappa shape index (κ3) is 8.05. The number of carbonyl (C=O) groups is 1. The molecule has 5 aromatic rings. The summed E-state index contributed by atoms with van der Waals surface area (Å²) in [6.45, 7) is 2.04. The summed E-state index contributed by atoms with van der Waals surface area (Å²) in [7, 11) is -3.39. The highest BCUT2D eigenvalue weighted by molar-refractivity contribution is 7.92. The molecule has 0 aliphatic carbocycles. The maximum atomic E-state index is 13.5. The number of hydrogen-bond donors (Lipinski definition) is 3. The highest BCUT2D eigenvalue weighted by atomic mass is 35.5. The summed E-state index contributed by atoms with van der Waals surface area (Å²) >= 11 is 7.67. The number of carbonyl (C=O) groups excluding carboxylic acids is 1. The fourth-order valence-corrected chi connectivity index (χ4v) is 6.88. The third-order valence-corrected chi connectivity index (χ3v) is 9.18. The first-order valence-corrected chi connectivity index (χ1v) is 17.2. The predicted molar refractivity (Wildman–Crippen MR) is 181 cm³/mol. The van der Waals surface area contributed by atoms with Gasteiger partial charge < -0.3 is 5.32 Å². The molecule has 1 heterocycles. The molecule has 0 bridgehead atoms. The molecule has 0 fully saturated rings. The third-order valence-electron chi connectivity index (χ3n) is 7.41. The fraction of sp³-hybridized carbons (Fsp3) is 0.176. The molecule has 5 rings (SSSR count). The van der Waals surface area contributed by atoms with Crippen LogP contribution in [0.15, 0.2) is 115 Å². The quantitative estimate of drug-likeness (QED) is 0.134. The maximum absolute atomic E-state index is 13.5. The average Bonchev–Trinajstić information content (AvgIpc) is 3.37. The fourth-order valence-electron chi connectivity index (χ4n) is 5.24. The van der Waals surface area contributed by atoms with Crippen LogP contribution in [0.25, 0.3) is 11.3 Å². The normalized spacial score (nSPS) is 12.8. The first-order chi connectivity index (χ1) is 21.1. The van der Waals surface area contributed by atoms with Gasteiger partial charge in [0.05, 0.1) is 11.8 Å². The van der Waals surface area contributed by atoms with Crippen LogP contribution < -0.4 is 15.4 Å². The second kappa shape index (κ2) is 13.6. The summed E-state index contributed by atoms with van der Waals surface area (Å²) in [5.74, 6) is 0.157. The van der Waals surface area contributed by atoms with Gasteiger partial charge in [-0.15, -0.1) is 0 Å². The molecule has 1 unspecified atom stereocenters. The van der Waals surface area contributed by atoms with Crippen molar-refractivity contribution in [3.05, 3.63) is 136 Å². The first kappa shape index (κ1) is 31.3. The molecular formula is C34H33ClN4O3S2. The number of urea groups is 1. The van der Waals surface area contributed by atoms with Crippen molar-refractivity contribution in [2.75, 3.05) is 16.3 Å². The molecule has 44 heavy (non-hydrogen) atoms. The number of anilines is 2. The van der Waals surface area contributed by atoms with Crippen LogP contribution in [0.3, 0.4) is 0 Å². The van der Waals surface area contributed by atoms with Crippen molar-refractivity contribution < 1.29 is 13.2 Å². The molecule has 0 aliphatic heterocycles. The molecule has 2 amide bonds. The first-order valence-electron chi connectivity index (χ1n) is 14.1. The van der Waals surface area contributed by atoms with Crippen LogP contribution in [0, 0.1) is 0 Å². The van der Waals surface area contributed by atoms with Crippen molar-refractivity contribution in [1.29, 1.82) is 0 Å². The van der Waals surface area contributed by atoms with Gasteiger partial charge in [-0.1, -0.05) is 126 Å². The van der Waals surface area contributed by atoms with E-state index in [1.165, 1.54) is 11.1 Å². The van der Waals surface area contributed by atoms with Gasteiger partial charge in [-0.05, 0) is 48.6 Å². The van der Waals surface area contributed by atoms with Crippen LogP contribution in [0.2, 0.25) is 4.34 Å². The maximum Gasteiger partial charge on any atom is 0.321 e. The van der Waals surface area contributed by atoms with Crippen LogP contribution in [0.5, 0.6) is 0 Å². The Hall–Kier alpha value is -4.18. The van der Waals surface area contributed by atoms with Gasteiger partial charge in [0, 0.05) is 17.2 Å². The van der Waals surface area contributed by atoms with Crippen molar-refractivity contribution >= 4 is 49.8 Å². The molecule has 7 nitrogen and oxygen atoms in total. The Kier molecular flexibility index (Phi) is 9.68.